The maximum Gasteiger partial charge on any atom is 0.111 e. The highest BCUT2D eigenvalue weighted by Crippen LogP contribution is 2.12. The Morgan fingerprint density at radius 2 is 1.94 bits per heavy atom. The molecule has 2 aromatic heterocycles. The molecule has 0 unspecified atom stereocenters. The third-order valence-corrected chi connectivity index (χ3v) is 2.76. The molecule has 2 aromatic rings. The predicted molar refractivity (Wildman–Crippen MR) is 63.2 cm³/mol. The molecular weight excluding hydrogens is 200 g/mol. The third kappa shape index (κ3) is 2.15. The summed E-state index contributed by atoms with van der Waals surface area (Å²) in [6, 6.07) is 0. The second-order valence-electron chi connectivity index (χ2n) is 4.34. The lowest BCUT2D eigenvalue weighted by Crippen LogP contribution is -2.09. The van der Waals surface area contributed by atoms with E-state index in [1.54, 1.807) is 0 Å². The van der Waals surface area contributed by atoms with E-state index in [2.05, 4.69) is 32.9 Å². The van der Waals surface area contributed by atoms with E-state index in [1.165, 1.54) is 0 Å². The zero-order valence-electron chi connectivity index (χ0n) is 10.1. The lowest BCUT2D eigenvalue weighted by atomic mass is 10.2. The van der Waals surface area contributed by atoms with Crippen molar-refractivity contribution in [2.24, 2.45) is 7.05 Å². The van der Waals surface area contributed by atoms with Gasteiger partial charge in [-0.1, -0.05) is 13.8 Å². The van der Waals surface area contributed by atoms with Crippen molar-refractivity contribution >= 4 is 0 Å². The van der Waals surface area contributed by atoms with Crippen LogP contribution < -0.4 is 0 Å². The summed E-state index contributed by atoms with van der Waals surface area (Å²) >= 11 is 0. The van der Waals surface area contributed by atoms with Gasteiger partial charge < -0.3 is 9.13 Å². The fourth-order valence-corrected chi connectivity index (χ4v) is 1.87. The summed E-state index contributed by atoms with van der Waals surface area (Å²) in [6.07, 6.45) is 8.67. The van der Waals surface area contributed by atoms with Crippen LogP contribution in [0.4, 0.5) is 0 Å². The smallest absolute Gasteiger partial charge is 0.111 e. The Bertz CT molecular complexity index is 453. The Labute approximate surface area is 96.0 Å². The Hall–Kier alpha value is -1.58. The van der Waals surface area contributed by atoms with Gasteiger partial charge >= 0.3 is 0 Å². The van der Waals surface area contributed by atoms with E-state index in [9.17, 15) is 0 Å². The summed E-state index contributed by atoms with van der Waals surface area (Å²) in [6.45, 7) is 5.28. The highest BCUT2D eigenvalue weighted by Gasteiger charge is 2.07. The fourth-order valence-electron chi connectivity index (χ4n) is 1.87. The van der Waals surface area contributed by atoms with Gasteiger partial charge in [-0.05, 0) is 0 Å². The van der Waals surface area contributed by atoms with Gasteiger partial charge in [0.15, 0.2) is 0 Å². The topological polar surface area (TPSA) is 35.6 Å². The van der Waals surface area contributed by atoms with Crippen LogP contribution in [0, 0.1) is 0 Å². The number of hydrogen-bond donors (Lipinski definition) is 0. The maximum atomic E-state index is 4.37. The molecule has 0 saturated carbocycles. The number of rotatable bonds is 4. The molecule has 0 bridgehead atoms. The molecule has 0 fully saturated rings. The summed E-state index contributed by atoms with van der Waals surface area (Å²) in [5, 5.41) is 0. The molecule has 86 valence electrons. The molecule has 0 saturated heterocycles. The van der Waals surface area contributed by atoms with E-state index in [1.807, 2.05) is 31.8 Å². The average Bonchev–Trinajstić information content (AvgIpc) is 2.83. The standard InChI is InChI=1S/C12H18N4/c1-10(2)12-14-6-9-16(12)7-4-11-13-5-8-15(11)3/h5-6,8-10H,4,7H2,1-3H3. The molecule has 0 N–H and O–H groups in total. The van der Waals surface area contributed by atoms with Gasteiger partial charge in [0.2, 0.25) is 0 Å². The molecule has 0 aliphatic rings. The molecule has 16 heavy (non-hydrogen) atoms. The van der Waals surface area contributed by atoms with Crippen LogP contribution in [0.5, 0.6) is 0 Å². The molecule has 0 aliphatic heterocycles. The molecule has 0 aromatic carbocycles. The van der Waals surface area contributed by atoms with Crippen LogP contribution in [-0.4, -0.2) is 19.1 Å². The summed E-state index contributed by atoms with van der Waals surface area (Å²) in [5.74, 6) is 2.73. The van der Waals surface area contributed by atoms with Crippen LogP contribution in [0.2, 0.25) is 0 Å². The van der Waals surface area contributed by atoms with Gasteiger partial charge in [-0.25, -0.2) is 9.97 Å². The maximum absolute atomic E-state index is 4.37. The Morgan fingerprint density at radius 1 is 1.19 bits per heavy atom. The normalized spacial score (nSPS) is 11.2. The second kappa shape index (κ2) is 4.51. The predicted octanol–water partition coefficient (Wildman–Crippen LogP) is 1.98. The second-order valence-corrected chi connectivity index (χ2v) is 4.34. The molecule has 4 heteroatoms. The van der Waals surface area contributed by atoms with Crippen LogP contribution in [0.15, 0.2) is 24.8 Å². The molecule has 4 nitrogen and oxygen atoms in total. The van der Waals surface area contributed by atoms with Gasteiger partial charge in [0.1, 0.15) is 11.6 Å². The summed E-state index contributed by atoms with van der Waals surface area (Å²) in [4.78, 5) is 8.69. The highest BCUT2D eigenvalue weighted by atomic mass is 15.1. The molecule has 0 aliphatic carbocycles. The summed E-state index contributed by atoms with van der Waals surface area (Å²) in [5.41, 5.74) is 0. The van der Waals surface area contributed by atoms with Crippen molar-refractivity contribution in [3.63, 3.8) is 0 Å². The van der Waals surface area contributed by atoms with Gasteiger partial charge in [-0.2, -0.15) is 0 Å². The van der Waals surface area contributed by atoms with E-state index >= 15 is 0 Å². The first-order chi connectivity index (χ1) is 7.68. The van der Waals surface area contributed by atoms with Crippen molar-refractivity contribution in [2.75, 3.05) is 0 Å². The lowest BCUT2D eigenvalue weighted by molar-refractivity contribution is 0.598. The van der Waals surface area contributed by atoms with Crippen molar-refractivity contribution in [3.8, 4) is 0 Å². The van der Waals surface area contributed by atoms with Crippen LogP contribution in [-0.2, 0) is 20.0 Å². The van der Waals surface area contributed by atoms with Crippen molar-refractivity contribution < 1.29 is 0 Å². The van der Waals surface area contributed by atoms with Crippen LogP contribution >= 0.6 is 0 Å². The van der Waals surface area contributed by atoms with Gasteiger partial charge in [-0.3, -0.25) is 0 Å². The summed E-state index contributed by atoms with van der Waals surface area (Å²) in [7, 11) is 2.03. The number of aryl methyl sites for hydroxylation is 3. The largest absolute Gasteiger partial charge is 0.338 e. The van der Waals surface area contributed by atoms with Crippen LogP contribution in [0.3, 0.4) is 0 Å². The van der Waals surface area contributed by atoms with E-state index < -0.39 is 0 Å². The monoisotopic (exact) mass is 218 g/mol. The zero-order chi connectivity index (χ0) is 11.5. The van der Waals surface area contributed by atoms with Gasteiger partial charge in [0, 0.05) is 50.7 Å². The van der Waals surface area contributed by atoms with Crippen molar-refractivity contribution in [1.29, 1.82) is 0 Å². The minimum atomic E-state index is 0.469. The lowest BCUT2D eigenvalue weighted by Gasteiger charge is -2.09. The first-order valence-corrected chi connectivity index (χ1v) is 5.65. The Balaban J connectivity index is 2.05. The van der Waals surface area contributed by atoms with Crippen molar-refractivity contribution in [3.05, 3.63) is 36.4 Å². The van der Waals surface area contributed by atoms with Crippen molar-refractivity contribution in [1.82, 2.24) is 19.1 Å². The van der Waals surface area contributed by atoms with E-state index in [4.69, 9.17) is 0 Å². The first kappa shape index (κ1) is 10.9. The minimum Gasteiger partial charge on any atom is -0.338 e. The fraction of sp³-hybridized carbons (Fsp3) is 0.500. The van der Waals surface area contributed by atoms with Gasteiger partial charge in [-0.15, -0.1) is 0 Å². The summed E-state index contributed by atoms with van der Waals surface area (Å²) < 4.78 is 4.27. The molecule has 0 radical (unpaired) electrons. The highest BCUT2D eigenvalue weighted by molar-refractivity contribution is 4.99. The quantitative estimate of drug-likeness (QED) is 0.786. The molecule has 2 heterocycles. The molecule has 0 atom stereocenters. The zero-order valence-corrected chi connectivity index (χ0v) is 10.1. The minimum absolute atomic E-state index is 0.469. The first-order valence-electron chi connectivity index (χ1n) is 5.65. The molecule has 2 rings (SSSR count). The van der Waals surface area contributed by atoms with Gasteiger partial charge in [0.05, 0.1) is 0 Å². The van der Waals surface area contributed by atoms with Crippen LogP contribution in [0.25, 0.3) is 0 Å². The van der Waals surface area contributed by atoms with E-state index in [0.717, 1.165) is 24.6 Å². The molecule has 0 amide bonds. The van der Waals surface area contributed by atoms with Crippen molar-refractivity contribution in [2.45, 2.75) is 32.7 Å². The number of hydrogen-bond acceptors (Lipinski definition) is 2. The number of aromatic nitrogens is 4. The Kier molecular flexibility index (Phi) is 3.08. The Morgan fingerprint density at radius 3 is 2.56 bits per heavy atom. The third-order valence-electron chi connectivity index (χ3n) is 2.76. The molecular formula is C12H18N4. The van der Waals surface area contributed by atoms with E-state index in [-0.39, 0.29) is 0 Å². The average molecular weight is 218 g/mol. The van der Waals surface area contributed by atoms with Gasteiger partial charge in [0.25, 0.3) is 0 Å². The van der Waals surface area contributed by atoms with E-state index in [0.29, 0.717) is 5.92 Å². The number of nitrogens with zero attached hydrogens (tertiary/aromatic N) is 4. The van der Waals surface area contributed by atoms with Crippen LogP contribution in [0.1, 0.15) is 31.4 Å². The number of imidazole rings is 2. The SMILES string of the molecule is CC(C)c1nccn1CCc1nccn1C. The molecule has 0 spiro atoms.